The Kier molecular flexibility index (Phi) is 3.68. The van der Waals surface area contributed by atoms with Crippen LogP contribution in [-0.4, -0.2) is 31.4 Å². The highest BCUT2D eigenvalue weighted by atomic mass is 15.2. The van der Waals surface area contributed by atoms with Crippen LogP contribution >= 0.6 is 0 Å². The fourth-order valence-electron chi connectivity index (χ4n) is 2.13. The van der Waals surface area contributed by atoms with Crippen LogP contribution in [0.3, 0.4) is 0 Å². The Morgan fingerprint density at radius 1 is 1.07 bits per heavy atom. The van der Waals surface area contributed by atoms with Gasteiger partial charge in [-0.25, -0.2) is 0 Å². The smallest absolute Gasteiger partial charge is 0.0743 e. The SMILES string of the molecule is [B]C1(C)CCCCN(C(C)(C)C)CC1. The first kappa shape index (κ1) is 12.1. The third kappa shape index (κ3) is 3.64. The van der Waals surface area contributed by atoms with Gasteiger partial charge in [-0.2, -0.15) is 0 Å². The normalized spacial score (nSPS) is 32.3. The molecular weight excluding hydrogens is 169 g/mol. The molecule has 1 fully saturated rings. The highest BCUT2D eigenvalue weighted by Gasteiger charge is 2.26. The van der Waals surface area contributed by atoms with Crippen LogP contribution in [0.5, 0.6) is 0 Å². The quantitative estimate of drug-likeness (QED) is 0.534. The monoisotopic (exact) mass is 193 g/mol. The van der Waals surface area contributed by atoms with Crippen molar-refractivity contribution in [2.24, 2.45) is 0 Å². The van der Waals surface area contributed by atoms with E-state index in [1.165, 1.54) is 25.8 Å². The Labute approximate surface area is 90.7 Å². The van der Waals surface area contributed by atoms with Gasteiger partial charge in [0.05, 0.1) is 7.85 Å². The molecule has 0 aromatic rings. The van der Waals surface area contributed by atoms with Crippen molar-refractivity contribution < 1.29 is 0 Å². The van der Waals surface area contributed by atoms with Crippen molar-refractivity contribution in [3.63, 3.8) is 0 Å². The Morgan fingerprint density at radius 2 is 1.71 bits per heavy atom. The fraction of sp³-hybridized carbons (Fsp3) is 1.00. The van der Waals surface area contributed by atoms with Crippen LogP contribution in [0.2, 0.25) is 5.31 Å². The number of rotatable bonds is 0. The topological polar surface area (TPSA) is 3.24 Å². The van der Waals surface area contributed by atoms with Gasteiger partial charge in [0.15, 0.2) is 0 Å². The van der Waals surface area contributed by atoms with Gasteiger partial charge < -0.3 is 0 Å². The predicted molar refractivity (Wildman–Crippen MR) is 63.9 cm³/mol. The molecule has 1 atom stereocenters. The minimum atomic E-state index is 0.0594. The van der Waals surface area contributed by atoms with Gasteiger partial charge in [-0.05, 0) is 46.7 Å². The highest BCUT2D eigenvalue weighted by Crippen LogP contribution is 2.35. The second-order valence-corrected chi connectivity index (χ2v) is 6.02. The summed E-state index contributed by atoms with van der Waals surface area (Å²) in [4.78, 5) is 2.57. The number of nitrogens with zero attached hydrogens (tertiary/aromatic N) is 1. The van der Waals surface area contributed by atoms with Crippen molar-refractivity contribution in [3.8, 4) is 0 Å². The molecule has 0 saturated carbocycles. The average Bonchev–Trinajstić information content (AvgIpc) is 1.96. The molecule has 0 aromatic carbocycles. The van der Waals surface area contributed by atoms with Gasteiger partial charge in [0.1, 0.15) is 0 Å². The molecule has 1 rings (SSSR count). The van der Waals surface area contributed by atoms with Gasteiger partial charge >= 0.3 is 0 Å². The maximum absolute atomic E-state index is 6.23. The molecule has 1 aliphatic heterocycles. The lowest BCUT2D eigenvalue weighted by molar-refractivity contribution is 0.117. The van der Waals surface area contributed by atoms with E-state index in [0.29, 0.717) is 5.54 Å². The zero-order valence-corrected chi connectivity index (χ0v) is 10.3. The molecule has 1 unspecified atom stereocenters. The van der Waals surface area contributed by atoms with Gasteiger partial charge in [0.2, 0.25) is 0 Å². The van der Waals surface area contributed by atoms with Crippen molar-refractivity contribution in [2.45, 2.75) is 64.2 Å². The zero-order chi connectivity index (χ0) is 10.8. The molecule has 0 N–H and O–H groups in total. The van der Waals surface area contributed by atoms with Crippen LogP contribution in [0.1, 0.15) is 53.4 Å². The first-order chi connectivity index (χ1) is 6.31. The van der Waals surface area contributed by atoms with Gasteiger partial charge in [0, 0.05) is 5.54 Å². The number of likely N-dealkylation sites (tertiary alicyclic amines) is 1. The molecule has 2 heteroatoms. The summed E-state index contributed by atoms with van der Waals surface area (Å²) in [7, 11) is 6.23. The maximum atomic E-state index is 6.23. The molecule has 0 amide bonds. The average molecular weight is 193 g/mol. The van der Waals surface area contributed by atoms with Gasteiger partial charge in [-0.1, -0.05) is 25.1 Å². The van der Waals surface area contributed by atoms with Crippen molar-refractivity contribution in [1.82, 2.24) is 4.90 Å². The van der Waals surface area contributed by atoms with E-state index >= 15 is 0 Å². The van der Waals surface area contributed by atoms with Crippen LogP contribution in [0, 0.1) is 0 Å². The number of hydrogen-bond acceptors (Lipinski definition) is 1. The Balaban J connectivity index is 2.56. The molecule has 1 nitrogen and oxygen atoms in total. The molecule has 2 radical (unpaired) electrons. The molecular formula is C12H24BN. The molecule has 1 heterocycles. The molecule has 1 aliphatic rings. The summed E-state index contributed by atoms with van der Waals surface area (Å²) in [5.41, 5.74) is 0.299. The summed E-state index contributed by atoms with van der Waals surface area (Å²) in [6, 6.07) is 0. The third-order valence-corrected chi connectivity index (χ3v) is 3.33. The van der Waals surface area contributed by atoms with E-state index in [1.807, 2.05) is 0 Å². The first-order valence-electron chi connectivity index (χ1n) is 5.85. The predicted octanol–water partition coefficient (Wildman–Crippen LogP) is 3.01. The van der Waals surface area contributed by atoms with E-state index in [9.17, 15) is 0 Å². The maximum Gasteiger partial charge on any atom is 0.0743 e. The van der Waals surface area contributed by atoms with E-state index in [1.54, 1.807) is 0 Å². The van der Waals surface area contributed by atoms with E-state index in [2.05, 4.69) is 32.6 Å². The standard InChI is InChI=1S/C12H24BN/c1-11(2,3)14-9-6-5-7-12(4,13)8-10-14/h5-10H2,1-4H3. The van der Waals surface area contributed by atoms with Crippen LogP contribution < -0.4 is 0 Å². The van der Waals surface area contributed by atoms with E-state index in [-0.39, 0.29) is 5.31 Å². The summed E-state index contributed by atoms with van der Waals surface area (Å²) in [5.74, 6) is 0. The molecule has 0 bridgehead atoms. The summed E-state index contributed by atoms with van der Waals surface area (Å²) < 4.78 is 0. The third-order valence-electron chi connectivity index (χ3n) is 3.33. The fourth-order valence-corrected chi connectivity index (χ4v) is 2.13. The van der Waals surface area contributed by atoms with Crippen molar-refractivity contribution in [2.75, 3.05) is 13.1 Å². The van der Waals surface area contributed by atoms with Gasteiger partial charge in [-0.3, -0.25) is 4.90 Å². The van der Waals surface area contributed by atoms with Crippen molar-refractivity contribution in [3.05, 3.63) is 0 Å². The largest absolute Gasteiger partial charge is 0.298 e. The Morgan fingerprint density at radius 3 is 2.29 bits per heavy atom. The van der Waals surface area contributed by atoms with Crippen LogP contribution in [0.15, 0.2) is 0 Å². The Bertz CT molecular complexity index is 178. The molecule has 0 aromatic heterocycles. The van der Waals surface area contributed by atoms with Crippen molar-refractivity contribution in [1.29, 1.82) is 0 Å². The minimum absolute atomic E-state index is 0.0594. The van der Waals surface area contributed by atoms with E-state index < -0.39 is 0 Å². The molecule has 14 heavy (non-hydrogen) atoms. The summed E-state index contributed by atoms with van der Waals surface area (Å²) in [6.07, 6.45) is 4.89. The lowest BCUT2D eigenvalue weighted by Gasteiger charge is -2.40. The van der Waals surface area contributed by atoms with Gasteiger partial charge in [0.25, 0.3) is 0 Å². The number of hydrogen-bond donors (Lipinski definition) is 0. The zero-order valence-electron chi connectivity index (χ0n) is 10.3. The van der Waals surface area contributed by atoms with Gasteiger partial charge in [-0.15, -0.1) is 0 Å². The summed E-state index contributed by atoms with van der Waals surface area (Å²) in [5, 5.41) is 0.0594. The molecule has 0 spiro atoms. The second kappa shape index (κ2) is 4.26. The van der Waals surface area contributed by atoms with E-state index in [4.69, 9.17) is 7.85 Å². The Hall–Kier alpha value is 0.0249. The van der Waals surface area contributed by atoms with Crippen LogP contribution in [-0.2, 0) is 0 Å². The van der Waals surface area contributed by atoms with Crippen LogP contribution in [0.4, 0.5) is 0 Å². The highest BCUT2D eigenvalue weighted by molar-refractivity contribution is 6.14. The molecule has 1 saturated heterocycles. The van der Waals surface area contributed by atoms with Crippen molar-refractivity contribution >= 4 is 7.85 Å². The lowest BCUT2D eigenvalue weighted by Crippen LogP contribution is -2.44. The van der Waals surface area contributed by atoms with Crippen LogP contribution in [0.25, 0.3) is 0 Å². The molecule has 0 aliphatic carbocycles. The summed E-state index contributed by atoms with van der Waals surface area (Å²) in [6.45, 7) is 11.5. The lowest BCUT2D eigenvalue weighted by atomic mass is 9.64. The van der Waals surface area contributed by atoms with E-state index in [0.717, 1.165) is 13.0 Å². The first-order valence-corrected chi connectivity index (χ1v) is 5.85. The second-order valence-electron chi connectivity index (χ2n) is 6.02. The molecule has 80 valence electrons. The minimum Gasteiger partial charge on any atom is -0.298 e. The summed E-state index contributed by atoms with van der Waals surface area (Å²) >= 11 is 0.